The molecule has 0 bridgehead atoms. The van der Waals surface area contributed by atoms with E-state index in [2.05, 4.69) is 22.3 Å². The summed E-state index contributed by atoms with van der Waals surface area (Å²) >= 11 is 0. The van der Waals surface area contributed by atoms with Crippen LogP contribution in [0.25, 0.3) is 0 Å². The van der Waals surface area contributed by atoms with Crippen LogP contribution in [0.15, 0.2) is 0 Å². The Bertz CT molecular complexity index is 351. The van der Waals surface area contributed by atoms with Gasteiger partial charge in [0.15, 0.2) is 0 Å². The van der Waals surface area contributed by atoms with Gasteiger partial charge in [-0.1, -0.05) is 20.8 Å². The van der Waals surface area contributed by atoms with Crippen molar-refractivity contribution >= 4 is 12.0 Å². The zero-order valence-electron chi connectivity index (χ0n) is 12.6. The number of hydrogen-bond acceptors (Lipinski definition) is 3. The van der Waals surface area contributed by atoms with Crippen LogP contribution in [-0.2, 0) is 9.53 Å². The summed E-state index contributed by atoms with van der Waals surface area (Å²) < 4.78 is 4.60. The Balaban J connectivity index is 2.64. The van der Waals surface area contributed by atoms with Gasteiger partial charge in [-0.05, 0) is 37.5 Å². The second kappa shape index (κ2) is 5.80. The zero-order valence-corrected chi connectivity index (χ0v) is 12.6. The van der Waals surface area contributed by atoms with E-state index in [0.717, 1.165) is 6.42 Å². The molecule has 1 rings (SSSR count). The number of alkyl carbamates (subject to hydrolysis) is 1. The van der Waals surface area contributed by atoms with Crippen molar-refractivity contribution in [1.82, 2.24) is 10.6 Å². The first-order valence-corrected chi connectivity index (χ1v) is 6.94. The van der Waals surface area contributed by atoms with E-state index in [9.17, 15) is 9.59 Å². The third-order valence-electron chi connectivity index (χ3n) is 4.50. The molecular formula is C14H26N2O3. The molecule has 0 aliphatic heterocycles. The summed E-state index contributed by atoms with van der Waals surface area (Å²) in [6.45, 7) is 8.38. The van der Waals surface area contributed by atoms with Crippen molar-refractivity contribution in [2.75, 3.05) is 13.7 Å². The predicted molar refractivity (Wildman–Crippen MR) is 73.8 cm³/mol. The molecule has 1 aliphatic rings. The van der Waals surface area contributed by atoms with Crippen LogP contribution in [0.5, 0.6) is 0 Å². The van der Waals surface area contributed by atoms with E-state index < -0.39 is 11.6 Å². The predicted octanol–water partition coefficient (Wildman–Crippen LogP) is 2.06. The van der Waals surface area contributed by atoms with Crippen molar-refractivity contribution in [3.05, 3.63) is 0 Å². The maximum atomic E-state index is 12.4. The minimum atomic E-state index is -0.948. The Morgan fingerprint density at radius 3 is 2.32 bits per heavy atom. The van der Waals surface area contributed by atoms with E-state index in [1.54, 1.807) is 6.92 Å². The van der Waals surface area contributed by atoms with Crippen molar-refractivity contribution in [2.24, 2.45) is 11.3 Å². The van der Waals surface area contributed by atoms with Gasteiger partial charge < -0.3 is 15.4 Å². The van der Waals surface area contributed by atoms with Crippen LogP contribution in [0.4, 0.5) is 4.79 Å². The Morgan fingerprint density at radius 1 is 1.37 bits per heavy atom. The summed E-state index contributed by atoms with van der Waals surface area (Å²) in [4.78, 5) is 23.8. The molecular weight excluding hydrogens is 244 g/mol. The molecule has 1 saturated carbocycles. The van der Waals surface area contributed by atoms with Gasteiger partial charge in [0.05, 0.1) is 7.11 Å². The second-order valence-corrected chi connectivity index (χ2v) is 6.01. The maximum Gasteiger partial charge on any atom is 0.407 e. The van der Waals surface area contributed by atoms with Crippen molar-refractivity contribution < 1.29 is 14.3 Å². The maximum absolute atomic E-state index is 12.4. The minimum absolute atomic E-state index is 0.0246. The first kappa shape index (κ1) is 15.8. The third-order valence-corrected chi connectivity index (χ3v) is 4.50. The fourth-order valence-corrected chi connectivity index (χ4v) is 2.01. The molecule has 0 aromatic carbocycles. The topological polar surface area (TPSA) is 67.4 Å². The quantitative estimate of drug-likeness (QED) is 0.776. The molecule has 1 aliphatic carbocycles. The van der Waals surface area contributed by atoms with Gasteiger partial charge >= 0.3 is 6.09 Å². The van der Waals surface area contributed by atoms with Gasteiger partial charge in [0, 0.05) is 6.54 Å². The molecule has 0 aromatic heterocycles. The fraction of sp³-hybridized carbons (Fsp3) is 0.857. The van der Waals surface area contributed by atoms with Crippen LogP contribution in [-0.4, -0.2) is 31.2 Å². The van der Waals surface area contributed by atoms with Crippen molar-refractivity contribution in [3.8, 4) is 0 Å². The van der Waals surface area contributed by atoms with E-state index in [1.807, 2.05) is 13.8 Å². The number of methoxy groups -OCH3 is 1. The summed E-state index contributed by atoms with van der Waals surface area (Å²) in [5.41, 5.74) is -0.657. The molecule has 2 amide bonds. The lowest BCUT2D eigenvalue weighted by molar-refractivity contribution is -0.128. The summed E-state index contributed by atoms with van der Waals surface area (Å²) in [6.07, 6.45) is 2.85. The zero-order chi connectivity index (χ0) is 14.7. The number of ether oxygens (including phenoxy) is 1. The van der Waals surface area contributed by atoms with Gasteiger partial charge in [0.25, 0.3) is 0 Å². The van der Waals surface area contributed by atoms with Crippen molar-refractivity contribution in [3.63, 3.8) is 0 Å². The number of carbonyl (C=O) groups excluding carboxylic acids is 2. The highest BCUT2D eigenvalue weighted by molar-refractivity contribution is 5.89. The summed E-state index contributed by atoms with van der Waals surface area (Å²) in [7, 11) is 1.30. The van der Waals surface area contributed by atoms with Gasteiger partial charge in [-0.15, -0.1) is 0 Å². The summed E-state index contributed by atoms with van der Waals surface area (Å²) in [5, 5.41) is 5.62. The van der Waals surface area contributed by atoms with Crippen molar-refractivity contribution in [1.29, 1.82) is 0 Å². The lowest BCUT2D eigenvalue weighted by Gasteiger charge is -2.33. The molecule has 19 heavy (non-hydrogen) atoms. The number of rotatable bonds is 6. The first-order chi connectivity index (χ1) is 8.79. The highest BCUT2D eigenvalue weighted by Crippen LogP contribution is 2.47. The lowest BCUT2D eigenvalue weighted by Crippen LogP contribution is -2.60. The summed E-state index contributed by atoms with van der Waals surface area (Å²) in [5.74, 6) is -0.170. The fourth-order valence-electron chi connectivity index (χ4n) is 2.01. The Labute approximate surface area is 115 Å². The third kappa shape index (κ3) is 3.61. The van der Waals surface area contributed by atoms with E-state index in [-0.39, 0.29) is 11.8 Å². The van der Waals surface area contributed by atoms with Gasteiger partial charge in [0.2, 0.25) is 5.91 Å². The molecule has 0 radical (unpaired) electrons. The largest absolute Gasteiger partial charge is 0.453 e. The molecule has 1 fully saturated rings. The lowest BCUT2D eigenvalue weighted by atomic mass is 9.87. The standard InChI is InChI=1S/C14H26N2O3/c1-6-14(7-8-14)9-15-11(17)13(4,10(2)3)16-12(18)19-5/h10H,6-9H2,1-5H3,(H,15,17)(H,16,18)/t13-/m1/s1. The van der Waals surface area contributed by atoms with Crippen LogP contribution in [0.3, 0.4) is 0 Å². The monoisotopic (exact) mass is 270 g/mol. The highest BCUT2D eigenvalue weighted by atomic mass is 16.5. The molecule has 110 valence electrons. The Morgan fingerprint density at radius 2 is 1.95 bits per heavy atom. The van der Waals surface area contributed by atoms with Crippen molar-refractivity contribution in [2.45, 2.75) is 52.5 Å². The summed E-state index contributed by atoms with van der Waals surface area (Å²) in [6, 6.07) is 0. The van der Waals surface area contributed by atoms with Crippen LogP contribution in [0.2, 0.25) is 0 Å². The molecule has 0 saturated heterocycles. The average molecular weight is 270 g/mol. The molecule has 2 N–H and O–H groups in total. The van der Waals surface area contributed by atoms with Gasteiger partial charge in [-0.2, -0.15) is 0 Å². The van der Waals surface area contributed by atoms with E-state index in [0.29, 0.717) is 12.0 Å². The average Bonchev–Trinajstić information content (AvgIpc) is 3.15. The van der Waals surface area contributed by atoms with E-state index >= 15 is 0 Å². The molecule has 0 aromatic rings. The second-order valence-electron chi connectivity index (χ2n) is 6.01. The van der Waals surface area contributed by atoms with Gasteiger partial charge in [-0.3, -0.25) is 4.79 Å². The minimum Gasteiger partial charge on any atom is -0.453 e. The molecule has 0 spiro atoms. The number of nitrogens with one attached hydrogen (secondary N) is 2. The Kier molecular flexibility index (Phi) is 4.82. The van der Waals surface area contributed by atoms with Gasteiger partial charge in [0.1, 0.15) is 5.54 Å². The van der Waals surface area contributed by atoms with Crippen LogP contribution in [0, 0.1) is 11.3 Å². The van der Waals surface area contributed by atoms with E-state index in [1.165, 1.54) is 20.0 Å². The first-order valence-electron chi connectivity index (χ1n) is 6.94. The molecule has 5 heteroatoms. The van der Waals surface area contributed by atoms with Crippen LogP contribution in [0.1, 0.15) is 47.0 Å². The smallest absolute Gasteiger partial charge is 0.407 e. The normalized spacial score (nSPS) is 19.5. The molecule has 0 unspecified atom stereocenters. The Hall–Kier alpha value is -1.26. The highest BCUT2D eigenvalue weighted by Gasteiger charge is 2.43. The molecule has 0 heterocycles. The van der Waals surface area contributed by atoms with E-state index in [4.69, 9.17) is 0 Å². The molecule has 1 atom stereocenters. The number of hydrogen-bond donors (Lipinski definition) is 2. The number of carbonyl (C=O) groups is 2. The molecule has 5 nitrogen and oxygen atoms in total. The number of amides is 2. The van der Waals surface area contributed by atoms with Crippen LogP contribution >= 0.6 is 0 Å². The van der Waals surface area contributed by atoms with Gasteiger partial charge in [-0.25, -0.2) is 4.79 Å². The SMILES string of the molecule is CCC1(CNC(=O)[C@](C)(NC(=O)OC)C(C)C)CC1. The van der Waals surface area contributed by atoms with Crippen LogP contribution < -0.4 is 10.6 Å².